The molecule has 148 valence electrons. The summed E-state index contributed by atoms with van der Waals surface area (Å²) in [5, 5.41) is 2.77. The molecule has 0 aliphatic heterocycles. The van der Waals surface area contributed by atoms with Gasteiger partial charge in [0.25, 0.3) is 0 Å². The van der Waals surface area contributed by atoms with E-state index >= 15 is 0 Å². The molecule has 0 radical (unpaired) electrons. The molecule has 0 atom stereocenters. The maximum Gasteiger partial charge on any atom is 0.312 e. The summed E-state index contributed by atoms with van der Waals surface area (Å²) in [6.45, 7) is 1.27. The van der Waals surface area contributed by atoms with E-state index in [9.17, 15) is 9.59 Å². The zero-order valence-electron chi connectivity index (χ0n) is 16.5. The molecule has 4 heteroatoms. The lowest BCUT2D eigenvalue weighted by atomic mass is 10.1. The van der Waals surface area contributed by atoms with Crippen LogP contribution in [0.3, 0.4) is 0 Å². The summed E-state index contributed by atoms with van der Waals surface area (Å²) in [5.41, 5.74) is 3.21. The first kappa shape index (κ1) is 20.3. The van der Waals surface area contributed by atoms with Crippen LogP contribution in [-0.4, -0.2) is 23.3 Å². The molecular formula is C25H26N2O2. The van der Waals surface area contributed by atoms with E-state index in [1.807, 2.05) is 78.9 Å². The fourth-order valence-corrected chi connectivity index (χ4v) is 3.17. The predicted octanol–water partition coefficient (Wildman–Crippen LogP) is 3.96. The van der Waals surface area contributed by atoms with Crippen molar-refractivity contribution in [3.63, 3.8) is 0 Å². The van der Waals surface area contributed by atoms with E-state index in [-0.39, 0.29) is 0 Å². The van der Waals surface area contributed by atoms with Crippen LogP contribution in [0.15, 0.2) is 91.0 Å². The molecule has 0 fully saturated rings. The summed E-state index contributed by atoms with van der Waals surface area (Å²) in [6, 6.07) is 29.6. The molecule has 0 saturated carbocycles. The number of rotatable bonds is 8. The van der Waals surface area contributed by atoms with Gasteiger partial charge < -0.3 is 10.2 Å². The fraction of sp³-hybridized carbons (Fsp3) is 0.200. The molecule has 0 aliphatic carbocycles. The zero-order valence-corrected chi connectivity index (χ0v) is 16.5. The minimum Gasteiger partial charge on any atom is -0.348 e. The highest BCUT2D eigenvalue weighted by molar-refractivity contribution is 6.34. The van der Waals surface area contributed by atoms with E-state index < -0.39 is 11.8 Å². The number of amides is 2. The van der Waals surface area contributed by atoms with Crippen molar-refractivity contribution < 1.29 is 9.59 Å². The molecule has 0 heterocycles. The van der Waals surface area contributed by atoms with Gasteiger partial charge in [0.15, 0.2) is 0 Å². The fourth-order valence-electron chi connectivity index (χ4n) is 3.17. The summed E-state index contributed by atoms with van der Waals surface area (Å²) < 4.78 is 0. The molecule has 2 amide bonds. The van der Waals surface area contributed by atoms with Crippen LogP contribution in [0, 0.1) is 0 Å². The zero-order chi connectivity index (χ0) is 20.3. The molecule has 0 saturated heterocycles. The average Bonchev–Trinajstić information content (AvgIpc) is 2.78. The molecule has 29 heavy (non-hydrogen) atoms. The van der Waals surface area contributed by atoms with E-state index in [0.29, 0.717) is 19.6 Å². The third kappa shape index (κ3) is 6.61. The van der Waals surface area contributed by atoms with Crippen molar-refractivity contribution >= 4 is 11.8 Å². The van der Waals surface area contributed by atoms with Crippen molar-refractivity contribution in [2.24, 2.45) is 0 Å². The third-order valence-corrected chi connectivity index (χ3v) is 4.68. The molecule has 0 spiro atoms. The predicted molar refractivity (Wildman–Crippen MR) is 115 cm³/mol. The smallest absolute Gasteiger partial charge is 0.312 e. The summed E-state index contributed by atoms with van der Waals surface area (Å²) in [4.78, 5) is 26.9. The lowest BCUT2D eigenvalue weighted by molar-refractivity contribution is -0.146. The maximum atomic E-state index is 12.8. The number of hydrogen-bond donors (Lipinski definition) is 1. The summed E-state index contributed by atoms with van der Waals surface area (Å²) in [7, 11) is 0. The number of carbonyl (C=O) groups is 2. The van der Waals surface area contributed by atoms with E-state index in [1.54, 1.807) is 4.90 Å². The first-order valence-corrected chi connectivity index (χ1v) is 9.91. The summed E-state index contributed by atoms with van der Waals surface area (Å²) >= 11 is 0. The number of aryl methyl sites for hydroxylation is 1. The Kier molecular flexibility index (Phi) is 7.58. The Hall–Kier alpha value is -3.40. The second kappa shape index (κ2) is 10.8. The molecule has 0 aromatic heterocycles. The molecule has 0 bridgehead atoms. The van der Waals surface area contributed by atoms with Crippen molar-refractivity contribution in [2.45, 2.75) is 25.9 Å². The monoisotopic (exact) mass is 386 g/mol. The minimum absolute atomic E-state index is 0.395. The van der Waals surface area contributed by atoms with Gasteiger partial charge >= 0.3 is 11.8 Å². The van der Waals surface area contributed by atoms with Crippen molar-refractivity contribution in [1.29, 1.82) is 0 Å². The molecule has 0 unspecified atom stereocenters. The number of carbonyl (C=O) groups excluding carboxylic acids is 2. The molecule has 1 N–H and O–H groups in total. The van der Waals surface area contributed by atoms with Crippen molar-refractivity contribution in [1.82, 2.24) is 10.2 Å². The molecule has 3 aromatic carbocycles. The van der Waals surface area contributed by atoms with Crippen LogP contribution >= 0.6 is 0 Å². The van der Waals surface area contributed by atoms with Crippen LogP contribution in [-0.2, 0) is 29.1 Å². The van der Waals surface area contributed by atoms with Gasteiger partial charge in [0.05, 0.1) is 0 Å². The Morgan fingerprint density at radius 1 is 0.655 bits per heavy atom. The highest BCUT2D eigenvalue weighted by atomic mass is 16.2. The molecule has 3 rings (SSSR count). The van der Waals surface area contributed by atoms with Gasteiger partial charge in [-0.05, 0) is 29.5 Å². The second-order valence-corrected chi connectivity index (χ2v) is 6.98. The van der Waals surface area contributed by atoms with Crippen molar-refractivity contribution in [3.8, 4) is 0 Å². The second-order valence-electron chi connectivity index (χ2n) is 6.98. The van der Waals surface area contributed by atoms with E-state index in [2.05, 4.69) is 17.4 Å². The van der Waals surface area contributed by atoms with E-state index in [0.717, 1.165) is 24.0 Å². The van der Waals surface area contributed by atoms with Crippen LogP contribution in [0.4, 0.5) is 0 Å². The quantitative estimate of drug-likeness (QED) is 0.470. The van der Waals surface area contributed by atoms with Gasteiger partial charge in [-0.25, -0.2) is 0 Å². The summed E-state index contributed by atoms with van der Waals surface area (Å²) in [5.74, 6) is -1.05. The van der Waals surface area contributed by atoms with Crippen molar-refractivity contribution in [3.05, 3.63) is 108 Å². The molecular weight excluding hydrogens is 360 g/mol. The summed E-state index contributed by atoms with van der Waals surface area (Å²) in [6.07, 6.45) is 1.66. The van der Waals surface area contributed by atoms with Gasteiger partial charge in [-0.3, -0.25) is 9.59 Å². The number of hydrogen-bond acceptors (Lipinski definition) is 2. The number of benzene rings is 3. The lowest BCUT2D eigenvalue weighted by Crippen LogP contribution is -2.42. The van der Waals surface area contributed by atoms with Crippen molar-refractivity contribution in [2.75, 3.05) is 6.54 Å². The van der Waals surface area contributed by atoms with Crippen LogP contribution in [0.25, 0.3) is 0 Å². The Morgan fingerprint density at radius 2 is 1.10 bits per heavy atom. The highest BCUT2D eigenvalue weighted by Gasteiger charge is 2.22. The van der Waals surface area contributed by atoms with Gasteiger partial charge in [-0.15, -0.1) is 0 Å². The number of nitrogens with zero attached hydrogens (tertiary/aromatic N) is 1. The Bertz CT molecular complexity index is 854. The maximum absolute atomic E-state index is 12.8. The van der Waals surface area contributed by atoms with Gasteiger partial charge in [0.1, 0.15) is 0 Å². The Morgan fingerprint density at radius 3 is 1.59 bits per heavy atom. The number of nitrogens with one attached hydrogen (secondary N) is 1. The van der Waals surface area contributed by atoms with Gasteiger partial charge in [-0.1, -0.05) is 91.0 Å². The van der Waals surface area contributed by atoms with Gasteiger partial charge in [0.2, 0.25) is 0 Å². The normalized spacial score (nSPS) is 10.3. The Balaban J connectivity index is 1.57. The molecule has 3 aromatic rings. The molecule has 0 aliphatic rings. The Labute approximate surface area is 172 Å². The van der Waals surface area contributed by atoms with Gasteiger partial charge in [0, 0.05) is 19.6 Å². The average molecular weight is 386 g/mol. The first-order valence-electron chi connectivity index (χ1n) is 9.91. The van der Waals surface area contributed by atoms with E-state index in [4.69, 9.17) is 0 Å². The standard InChI is InChI=1S/C25H26N2O2/c28-24(26-18-10-17-21-11-4-1-5-12-21)25(29)27(19-22-13-6-2-7-14-22)20-23-15-8-3-9-16-23/h1-9,11-16H,10,17-20H2,(H,26,28). The van der Waals surface area contributed by atoms with Gasteiger partial charge in [-0.2, -0.15) is 0 Å². The topological polar surface area (TPSA) is 49.4 Å². The molecule has 4 nitrogen and oxygen atoms in total. The van der Waals surface area contributed by atoms with Crippen LogP contribution in [0.2, 0.25) is 0 Å². The van der Waals surface area contributed by atoms with Crippen LogP contribution in [0.1, 0.15) is 23.1 Å². The highest BCUT2D eigenvalue weighted by Crippen LogP contribution is 2.10. The van der Waals surface area contributed by atoms with Crippen LogP contribution in [0.5, 0.6) is 0 Å². The SMILES string of the molecule is O=C(NCCCc1ccccc1)C(=O)N(Cc1ccccc1)Cc1ccccc1. The first-order chi connectivity index (χ1) is 14.2. The van der Waals surface area contributed by atoms with E-state index in [1.165, 1.54) is 5.56 Å². The van der Waals surface area contributed by atoms with Crippen LogP contribution < -0.4 is 5.32 Å². The largest absolute Gasteiger partial charge is 0.348 e. The lowest BCUT2D eigenvalue weighted by Gasteiger charge is -2.22. The third-order valence-electron chi connectivity index (χ3n) is 4.68. The minimum atomic E-state index is -0.551.